The molecule has 0 radical (unpaired) electrons. The molecule has 0 spiro atoms. The first-order chi connectivity index (χ1) is 9.61. The maximum atomic E-state index is 6.46. The van der Waals surface area contributed by atoms with Crippen molar-refractivity contribution in [3.63, 3.8) is 0 Å². The number of piperidine rings is 1. The molecule has 1 aliphatic heterocycles. The van der Waals surface area contributed by atoms with E-state index in [9.17, 15) is 0 Å². The summed E-state index contributed by atoms with van der Waals surface area (Å²) in [5.74, 6) is 1.67. The first kappa shape index (κ1) is 15.6. The second-order valence-electron chi connectivity index (χ2n) is 6.01. The maximum absolute atomic E-state index is 6.46. The average Bonchev–Trinajstić information content (AvgIpc) is 2.42. The van der Waals surface area contributed by atoms with E-state index >= 15 is 0 Å². The fourth-order valence-electron chi connectivity index (χ4n) is 2.77. The summed E-state index contributed by atoms with van der Waals surface area (Å²) in [5.41, 5.74) is 1.16. The van der Waals surface area contributed by atoms with Crippen molar-refractivity contribution in [1.82, 2.24) is 10.3 Å². The van der Waals surface area contributed by atoms with Crippen molar-refractivity contribution < 1.29 is 0 Å². The predicted molar refractivity (Wildman–Crippen MR) is 86.5 cm³/mol. The Labute approximate surface area is 127 Å². The van der Waals surface area contributed by atoms with Crippen LogP contribution in [0.4, 0.5) is 5.82 Å². The van der Waals surface area contributed by atoms with Crippen molar-refractivity contribution in [3.8, 4) is 0 Å². The lowest BCUT2D eigenvalue weighted by Gasteiger charge is -2.38. The van der Waals surface area contributed by atoms with Gasteiger partial charge in [-0.05, 0) is 50.3 Å². The number of hydrogen-bond donors (Lipinski definition) is 1. The topological polar surface area (TPSA) is 28.2 Å². The molecule has 20 heavy (non-hydrogen) atoms. The van der Waals surface area contributed by atoms with Crippen molar-refractivity contribution in [2.24, 2.45) is 5.92 Å². The Balaban J connectivity index is 2.08. The Bertz CT molecular complexity index is 436. The molecule has 1 fully saturated rings. The van der Waals surface area contributed by atoms with Crippen LogP contribution in [0.15, 0.2) is 12.3 Å². The van der Waals surface area contributed by atoms with Gasteiger partial charge < -0.3 is 10.2 Å². The minimum absolute atomic E-state index is 0.528. The largest absolute Gasteiger partial charge is 0.352 e. The van der Waals surface area contributed by atoms with E-state index in [1.807, 2.05) is 6.20 Å². The molecule has 1 aromatic heterocycles. The molecular formula is C16H26ClN3. The third kappa shape index (κ3) is 3.86. The Morgan fingerprint density at radius 1 is 1.40 bits per heavy atom. The molecule has 1 aromatic rings. The molecule has 2 rings (SSSR count). The average molecular weight is 296 g/mol. The first-order valence-corrected chi connectivity index (χ1v) is 8.11. The molecule has 0 amide bonds. The molecule has 1 aliphatic rings. The number of anilines is 1. The van der Waals surface area contributed by atoms with Crippen molar-refractivity contribution in [1.29, 1.82) is 0 Å². The predicted octanol–water partition coefficient (Wildman–Crippen LogP) is 3.86. The molecule has 0 aromatic carbocycles. The standard InChI is InChI=1S/C16H26ClN3/c1-4-7-18-9-14-8-15(17)16(19-10-14)20-11-12(2)5-6-13(20)3/h8,10,12-13,18H,4-7,9,11H2,1-3H3. The molecule has 1 N–H and O–H groups in total. The Kier molecular flexibility index (Phi) is 5.67. The fourth-order valence-corrected chi connectivity index (χ4v) is 3.07. The van der Waals surface area contributed by atoms with E-state index in [1.165, 1.54) is 12.8 Å². The van der Waals surface area contributed by atoms with Crippen LogP contribution in [-0.2, 0) is 6.54 Å². The van der Waals surface area contributed by atoms with Gasteiger partial charge in [-0.3, -0.25) is 0 Å². The Morgan fingerprint density at radius 2 is 2.20 bits per heavy atom. The molecule has 2 atom stereocenters. The van der Waals surface area contributed by atoms with E-state index in [0.29, 0.717) is 6.04 Å². The van der Waals surface area contributed by atoms with E-state index in [-0.39, 0.29) is 0 Å². The second kappa shape index (κ2) is 7.28. The molecule has 1 saturated heterocycles. The zero-order valence-corrected chi connectivity index (χ0v) is 13.6. The SMILES string of the molecule is CCCNCc1cnc(N2CC(C)CCC2C)c(Cl)c1. The van der Waals surface area contributed by atoms with Gasteiger partial charge in [-0.2, -0.15) is 0 Å². The van der Waals surface area contributed by atoms with Crippen LogP contribution in [-0.4, -0.2) is 24.1 Å². The summed E-state index contributed by atoms with van der Waals surface area (Å²) < 4.78 is 0. The minimum atomic E-state index is 0.528. The Hall–Kier alpha value is -0.800. The lowest BCUT2D eigenvalue weighted by molar-refractivity contribution is 0.388. The van der Waals surface area contributed by atoms with Crippen LogP contribution in [0.2, 0.25) is 5.02 Å². The number of nitrogens with zero attached hydrogens (tertiary/aromatic N) is 2. The van der Waals surface area contributed by atoms with Gasteiger partial charge in [0.15, 0.2) is 0 Å². The summed E-state index contributed by atoms with van der Waals surface area (Å²) >= 11 is 6.46. The summed E-state index contributed by atoms with van der Waals surface area (Å²) in [7, 11) is 0. The first-order valence-electron chi connectivity index (χ1n) is 7.73. The zero-order chi connectivity index (χ0) is 14.5. The third-order valence-corrected chi connectivity index (χ3v) is 4.30. The van der Waals surface area contributed by atoms with Crippen molar-refractivity contribution >= 4 is 17.4 Å². The van der Waals surface area contributed by atoms with Crippen LogP contribution in [0.25, 0.3) is 0 Å². The van der Waals surface area contributed by atoms with E-state index in [2.05, 4.69) is 42.0 Å². The van der Waals surface area contributed by atoms with Gasteiger partial charge in [0.25, 0.3) is 0 Å². The van der Waals surface area contributed by atoms with Gasteiger partial charge >= 0.3 is 0 Å². The summed E-state index contributed by atoms with van der Waals surface area (Å²) in [4.78, 5) is 6.98. The lowest BCUT2D eigenvalue weighted by atomic mass is 9.95. The summed E-state index contributed by atoms with van der Waals surface area (Å²) in [6, 6.07) is 2.58. The highest BCUT2D eigenvalue weighted by atomic mass is 35.5. The highest BCUT2D eigenvalue weighted by Crippen LogP contribution is 2.31. The summed E-state index contributed by atoms with van der Waals surface area (Å²) in [5, 5.41) is 4.16. The molecule has 3 nitrogen and oxygen atoms in total. The van der Waals surface area contributed by atoms with Gasteiger partial charge in [0, 0.05) is 25.3 Å². The van der Waals surface area contributed by atoms with Gasteiger partial charge in [-0.25, -0.2) is 4.98 Å². The molecule has 4 heteroatoms. The maximum Gasteiger partial charge on any atom is 0.147 e. The van der Waals surface area contributed by atoms with Gasteiger partial charge in [0.1, 0.15) is 5.82 Å². The van der Waals surface area contributed by atoms with Crippen molar-refractivity contribution in [2.45, 2.75) is 52.6 Å². The number of halogens is 1. The monoisotopic (exact) mass is 295 g/mol. The fraction of sp³-hybridized carbons (Fsp3) is 0.688. The van der Waals surface area contributed by atoms with Crippen LogP contribution in [0.1, 0.15) is 45.6 Å². The van der Waals surface area contributed by atoms with Crippen molar-refractivity contribution in [2.75, 3.05) is 18.0 Å². The zero-order valence-electron chi connectivity index (χ0n) is 12.8. The quantitative estimate of drug-likeness (QED) is 0.836. The van der Waals surface area contributed by atoms with Crippen LogP contribution in [0.5, 0.6) is 0 Å². The molecule has 2 unspecified atom stereocenters. The van der Waals surface area contributed by atoms with E-state index in [4.69, 9.17) is 11.6 Å². The number of pyridine rings is 1. The van der Waals surface area contributed by atoms with Gasteiger partial charge in [-0.15, -0.1) is 0 Å². The number of rotatable bonds is 5. The smallest absolute Gasteiger partial charge is 0.147 e. The highest BCUT2D eigenvalue weighted by molar-refractivity contribution is 6.33. The summed E-state index contributed by atoms with van der Waals surface area (Å²) in [6.07, 6.45) is 5.62. The normalized spacial score (nSPS) is 23.1. The van der Waals surface area contributed by atoms with Crippen LogP contribution >= 0.6 is 11.6 Å². The molecule has 112 valence electrons. The number of nitrogens with one attached hydrogen (secondary N) is 1. The van der Waals surface area contributed by atoms with Gasteiger partial charge in [0.05, 0.1) is 5.02 Å². The molecule has 0 bridgehead atoms. The minimum Gasteiger partial charge on any atom is -0.352 e. The second-order valence-corrected chi connectivity index (χ2v) is 6.42. The molecule has 2 heterocycles. The van der Waals surface area contributed by atoms with Crippen LogP contribution in [0, 0.1) is 5.92 Å². The van der Waals surface area contributed by atoms with E-state index in [1.54, 1.807) is 0 Å². The molecule has 0 aliphatic carbocycles. The lowest BCUT2D eigenvalue weighted by Crippen LogP contribution is -2.41. The third-order valence-electron chi connectivity index (χ3n) is 4.02. The van der Waals surface area contributed by atoms with E-state index < -0.39 is 0 Å². The molecular weight excluding hydrogens is 270 g/mol. The number of hydrogen-bond acceptors (Lipinski definition) is 3. The van der Waals surface area contributed by atoms with Crippen molar-refractivity contribution in [3.05, 3.63) is 22.8 Å². The Morgan fingerprint density at radius 3 is 2.90 bits per heavy atom. The highest BCUT2D eigenvalue weighted by Gasteiger charge is 2.25. The van der Waals surface area contributed by atoms with Gasteiger partial charge in [0.2, 0.25) is 0 Å². The summed E-state index contributed by atoms with van der Waals surface area (Å²) in [6.45, 7) is 9.66. The van der Waals surface area contributed by atoms with Crippen LogP contribution < -0.4 is 10.2 Å². The number of aromatic nitrogens is 1. The van der Waals surface area contributed by atoms with Crippen LogP contribution in [0.3, 0.4) is 0 Å². The molecule has 0 saturated carbocycles. The van der Waals surface area contributed by atoms with E-state index in [0.717, 1.165) is 48.4 Å². The van der Waals surface area contributed by atoms with Gasteiger partial charge in [-0.1, -0.05) is 25.4 Å².